The van der Waals surface area contributed by atoms with E-state index in [0.717, 1.165) is 36.0 Å². The summed E-state index contributed by atoms with van der Waals surface area (Å²) in [6.07, 6.45) is 0. The maximum absolute atomic E-state index is 5.40. The molecule has 1 heterocycles. The zero-order valence-electron chi connectivity index (χ0n) is 12.3. The minimum Gasteiger partial charge on any atom is -0.495 e. The van der Waals surface area contributed by atoms with Crippen LogP contribution in [0.3, 0.4) is 0 Å². The van der Waals surface area contributed by atoms with E-state index in [0.29, 0.717) is 0 Å². The van der Waals surface area contributed by atoms with Crippen LogP contribution in [0.1, 0.15) is 12.6 Å². The molecule has 4 nitrogen and oxygen atoms in total. The van der Waals surface area contributed by atoms with Gasteiger partial charge in [0.05, 0.1) is 18.5 Å². The number of rotatable bonds is 6. The van der Waals surface area contributed by atoms with Crippen molar-refractivity contribution in [3.05, 3.63) is 48.2 Å². The van der Waals surface area contributed by atoms with Crippen LogP contribution in [0.4, 0.5) is 11.5 Å². The summed E-state index contributed by atoms with van der Waals surface area (Å²) < 4.78 is 5.40. The highest BCUT2D eigenvalue weighted by atomic mass is 16.5. The number of ether oxygens (including phenoxy) is 1. The quantitative estimate of drug-likeness (QED) is 0.876. The third-order valence-corrected chi connectivity index (χ3v) is 3.14. The van der Waals surface area contributed by atoms with Crippen molar-refractivity contribution in [3.8, 4) is 5.75 Å². The van der Waals surface area contributed by atoms with Crippen molar-refractivity contribution in [1.29, 1.82) is 0 Å². The molecule has 2 rings (SSSR count). The summed E-state index contributed by atoms with van der Waals surface area (Å²) >= 11 is 0. The zero-order chi connectivity index (χ0) is 14.4. The van der Waals surface area contributed by atoms with Crippen molar-refractivity contribution < 1.29 is 4.74 Å². The molecule has 0 aliphatic rings. The highest BCUT2D eigenvalue weighted by molar-refractivity contribution is 5.66. The molecule has 0 saturated heterocycles. The van der Waals surface area contributed by atoms with E-state index in [4.69, 9.17) is 4.74 Å². The number of hydrogen-bond acceptors (Lipinski definition) is 4. The van der Waals surface area contributed by atoms with Crippen molar-refractivity contribution in [2.24, 2.45) is 0 Å². The Hall–Kier alpha value is -2.07. The molecule has 2 aromatic rings. The van der Waals surface area contributed by atoms with Crippen molar-refractivity contribution in [3.63, 3.8) is 0 Å². The number of benzene rings is 1. The first-order valence-electron chi connectivity index (χ1n) is 6.79. The van der Waals surface area contributed by atoms with E-state index < -0.39 is 0 Å². The number of pyridine rings is 1. The molecule has 0 atom stereocenters. The zero-order valence-corrected chi connectivity index (χ0v) is 12.3. The third kappa shape index (κ3) is 3.27. The lowest BCUT2D eigenvalue weighted by molar-refractivity contribution is 0.415. The van der Waals surface area contributed by atoms with Gasteiger partial charge in [0.1, 0.15) is 11.6 Å². The standard InChI is InChI=1S/C16H21N3O/c1-4-17-12-13-8-7-11-16(18-13)19(2)14-9-5-6-10-15(14)20-3/h5-11,17H,4,12H2,1-3H3. The number of para-hydroxylation sites is 2. The first kappa shape index (κ1) is 14.3. The maximum Gasteiger partial charge on any atom is 0.142 e. The highest BCUT2D eigenvalue weighted by Gasteiger charge is 2.10. The van der Waals surface area contributed by atoms with Gasteiger partial charge in [0.15, 0.2) is 0 Å². The molecule has 1 aromatic carbocycles. The van der Waals surface area contributed by atoms with Gasteiger partial charge in [-0.15, -0.1) is 0 Å². The lowest BCUT2D eigenvalue weighted by Crippen LogP contribution is -2.16. The van der Waals surface area contributed by atoms with Crippen LogP contribution in [-0.4, -0.2) is 25.7 Å². The van der Waals surface area contributed by atoms with Crippen LogP contribution in [0.5, 0.6) is 5.75 Å². The monoisotopic (exact) mass is 271 g/mol. The maximum atomic E-state index is 5.40. The van der Waals surface area contributed by atoms with Crippen LogP contribution < -0.4 is 15.0 Å². The first-order valence-corrected chi connectivity index (χ1v) is 6.79. The van der Waals surface area contributed by atoms with E-state index in [1.165, 1.54) is 0 Å². The lowest BCUT2D eigenvalue weighted by atomic mass is 10.2. The van der Waals surface area contributed by atoms with Gasteiger partial charge in [0.2, 0.25) is 0 Å². The van der Waals surface area contributed by atoms with Crippen molar-refractivity contribution in [2.45, 2.75) is 13.5 Å². The fourth-order valence-electron chi connectivity index (χ4n) is 2.04. The van der Waals surface area contributed by atoms with E-state index in [1.807, 2.05) is 54.4 Å². The largest absolute Gasteiger partial charge is 0.495 e. The van der Waals surface area contributed by atoms with Gasteiger partial charge >= 0.3 is 0 Å². The summed E-state index contributed by atoms with van der Waals surface area (Å²) in [5, 5.41) is 3.29. The van der Waals surface area contributed by atoms with Crippen molar-refractivity contribution >= 4 is 11.5 Å². The number of aromatic nitrogens is 1. The minimum atomic E-state index is 0.782. The molecular formula is C16H21N3O. The average Bonchev–Trinajstić information content (AvgIpc) is 2.52. The van der Waals surface area contributed by atoms with Gasteiger partial charge in [0, 0.05) is 13.6 Å². The van der Waals surface area contributed by atoms with Crippen LogP contribution in [0.2, 0.25) is 0 Å². The Bertz CT molecular complexity index is 557. The predicted octanol–water partition coefficient (Wildman–Crippen LogP) is 2.97. The SMILES string of the molecule is CCNCc1cccc(N(C)c2ccccc2OC)n1. The molecule has 0 radical (unpaired) electrons. The number of hydrogen-bond donors (Lipinski definition) is 1. The molecule has 0 amide bonds. The minimum absolute atomic E-state index is 0.782. The summed E-state index contributed by atoms with van der Waals surface area (Å²) in [6, 6.07) is 14.0. The Morgan fingerprint density at radius 3 is 2.70 bits per heavy atom. The molecule has 0 fully saturated rings. The van der Waals surface area contributed by atoms with Crippen molar-refractivity contribution in [2.75, 3.05) is 25.6 Å². The fraction of sp³-hybridized carbons (Fsp3) is 0.312. The molecule has 1 N–H and O–H groups in total. The summed E-state index contributed by atoms with van der Waals surface area (Å²) in [7, 11) is 3.68. The van der Waals surface area contributed by atoms with E-state index in [9.17, 15) is 0 Å². The Balaban J connectivity index is 2.26. The molecule has 106 valence electrons. The van der Waals surface area contributed by atoms with Crippen LogP contribution in [0, 0.1) is 0 Å². The van der Waals surface area contributed by atoms with Gasteiger partial charge in [-0.2, -0.15) is 0 Å². The van der Waals surface area contributed by atoms with E-state index in [1.54, 1.807) is 7.11 Å². The second kappa shape index (κ2) is 6.91. The summed E-state index contributed by atoms with van der Waals surface area (Å²) in [6.45, 7) is 3.81. The van der Waals surface area contributed by atoms with E-state index in [2.05, 4.69) is 17.2 Å². The van der Waals surface area contributed by atoms with Gasteiger partial charge in [-0.05, 0) is 30.8 Å². The second-order valence-corrected chi connectivity index (χ2v) is 4.50. The predicted molar refractivity (Wildman–Crippen MR) is 82.7 cm³/mol. The number of anilines is 2. The third-order valence-electron chi connectivity index (χ3n) is 3.14. The average molecular weight is 271 g/mol. The molecule has 4 heteroatoms. The van der Waals surface area contributed by atoms with E-state index >= 15 is 0 Å². The smallest absolute Gasteiger partial charge is 0.142 e. The molecule has 0 aliphatic carbocycles. The number of nitrogens with one attached hydrogen (secondary N) is 1. The van der Waals surface area contributed by atoms with Gasteiger partial charge in [-0.3, -0.25) is 0 Å². The molecular weight excluding hydrogens is 250 g/mol. The molecule has 0 spiro atoms. The molecule has 20 heavy (non-hydrogen) atoms. The summed E-state index contributed by atoms with van der Waals surface area (Å²) in [5.41, 5.74) is 2.04. The Morgan fingerprint density at radius 1 is 1.15 bits per heavy atom. The summed E-state index contributed by atoms with van der Waals surface area (Å²) in [5.74, 6) is 1.75. The Kier molecular flexibility index (Phi) is 4.96. The van der Waals surface area contributed by atoms with Gasteiger partial charge in [-0.25, -0.2) is 4.98 Å². The fourth-order valence-corrected chi connectivity index (χ4v) is 2.04. The van der Waals surface area contributed by atoms with Crippen LogP contribution in [0.15, 0.2) is 42.5 Å². The number of nitrogens with zero attached hydrogens (tertiary/aromatic N) is 2. The van der Waals surface area contributed by atoms with Crippen LogP contribution >= 0.6 is 0 Å². The lowest BCUT2D eigenvalue weighted by Gasteiger charge is -2.21. The van der Waals surface area contributed by atoms with Crippen molar-refractivity contribution in [1.82, 2.24) is 10.3 Å². The normalized spacial score (nSPS) is 10.3. The Morgan fingerprint density at radius 2 is 1.95 bits per heavy atom. The first-order chi connectivity index (χ1) is 9.76. The van der Waals surface area contributed by atoms with Gasteiger partial charge in [0.25, 0.3) is 0 Å². The Labute approximate surface area is 120 Å². The molecule has 0 unspecified atom stereocenters. The topological polar surface area (TPSA) is 37.4 Å². The number of methoxy groups -OCH3 is 1. The van der Waals surface area contributed by atoms with Crippen LogP contribution in [0.25, 0.3) is 0 Å². The summed E-state index contributed by atoms with van der Waals surface area (Å²) in [4.78, 5) is 6.71. The highest BCUT2D eigenvalue weighted by Crippen LogP contribution is 2.31. The van der Waals surface area contributed by atoms with Crippen LogP contribution in [-0.2, 0) is 6.54 Å². The van der Waals surface area contributed by atoms with E-state index in [-0.39, 0.29) is 0 Å². The van der Waals surface area contributed by atoms with Gasteiger partial charge in [-0.1, -0.05) is 25.1 Å². The molecule has 0 aliphatic heterocycles. The second-order valence-electron chi connectivity index (χ2n) is 4.50. The molecule has 1 aromatic heterocycles. The molecule has 0 saturated carbocycles. The van der Waals surface area contributed by atoms with Gasteiger partial charge < -0.3 is 15.0 Å². The molecule has 0 bridgehead atoms.